The Hall–Kier alpha value is -1.75. The third-order valence-corrected chi connectivity index (χ3v) is 5.55. The topological polar surface area (TPSA) is 57.8 Å². The molecule has 3 rings (SSSR count). The molecule has 2 aromatic rings. The Bertz CT molecular complexity index is 633. The third kappa shape index (κ3) is 4.38. The molecule has 122 valence electrons. The lowest BCUT2D eigenvalue weighted by Gasteiger charge is -2.27. The third-order valence-electron chi connectivity index (χ3n) is 4.42. The first kappa shape index (κ1) is 16.1. The summed E-state index contributed by atoms with van der Waals surface area (Å²) in [6.07, 6.45) is 6.35. The second-order valence-corrected chi connectivity index (χ2v) is 7.31. The predicted molar refractivity (Wildman–Crippen MR) is 93.5 cm³/mol. The zero-order valence-corrected chi connectivity index (χ0v) is 14.2. The highest BCUT2D eigenvalue weighted by Crippen LogP contribution is 2.27. The van der Waals surface area contributed by atoms with Crippen molar-refractivity contribution in [3.8, 4) is 0 Å². The molecular formula is C18H23N3OS. The number of thioether (sulfide) groups is 1. The highest BCUT2D eigenvalue weighted by molar-refractivity contribution is 7.98. The molecule has 0 atom stereocenters. The van der Waals surface area contributed by atoms with Gasteiger partial charge in [-0.25, -0.2) is 0 Å². The van der Waals surface area contributed by atoms with E-state index in [4.69, 9.17) is 0 Å². The lowest BCUT2D eigenvalue weighted by atomic mass is 9.87. The van der Waals surface area contributed by atoms with Crippen molar-refractivity contribution >= 4 is 17.7 Å². The van der Waals surface area contributed by atoms with E-state index in [9.17, 15) is 4.79 Å². The van der Waals surface area contributed by atoms with Crippen LogP contribution in [0.2, 0.25) is 0 Å². The number of H-pyrrole nitrogens is 1. The maximum Gasteiger partial charge on any atom is 0.252 e. The fourth-order valence-electron chi connectivity index (χ4n) is 2.97. The molecule has 4 nitrogen and oxygen atoms in total. The number of carbonyl (C=O) groups is 1. The quantitative estimate of drug-likeness (QED) is 0.815. The Morgan fingerprint density at radius 1 is 1.26 bits per heavy atom. The van der Waals surface area contributed by atoms with Crippen molar-refractivity contribution in [1.82, 2.24) is 15.5 Å². The van der Waals surface area contributed by atoms with E-state index in [0.717, 1.165) is 40.7 Å². The molecule has 1 heterocycles. The Morgan fingerprint density at radius 2 is 2.04 bits per heavy atom. The van der Waals surface area contributed by atoms with Gasteiger partial charge in [0.25, 0.3) is 5.91 Å². The molecule has 0 radical (unpaired) electrons. The van der Waals surface area contributed by atoms with Gasteiger partial charge in [0.15, 0.2) is 0 Å². The highest BCUT2D eigenvalue weighted by atomic mass is 32.2. The van der Waals surface area contributed by atoms with E-state index in [2.05, 4.69) is 22.4 Å². The van der Waals surface area contributed by atoms with Crippen LogP contribution in [0, 0.1) is 5.92 Å². The smallest absolute Gasteiger partial charge is 0.252 e. The van der Waals surface area contributed by atoms with Gasteiger partial charge in [-0.05, 0) is 49.8 Å². The molecular weight excluding hydrogens is 306 g/mol. The number of carbonyl (C=O) groups excluding carboxylic acids is 1. The average molecular weight is 329 g/mol. The fraction of sp³-hybridized carbons (Fsp3) is 0.444. The van der Waals surface area contributed by atoms with Gasteiger partial charge in [-0.15, -0.1) is 11.8 Å². The van der Waals surface area contributed by atoms with Crippen LogP contribution in [0.5, 0.6) is 0 Å². The van der Waals surface area contributed by atoms with Gasteiger partial charge in [-0.3, -0.25) is 9.89 Å². The number of aromatic nitrogens is 2. The molecule has 1 aromatic carbocycles. The molecule has 23 heavy (non-hydrogen) atoms. The molecule has 1 aliphatic carbocycles. The van der Waals surface area contributed by atoms with Crippen molar-refractivity contribution in [1.29, 1.82) is 0 Å². The van der Waals surface area contributed by atoms with Gasteiger partial charge in [0, 0.05) is 28.6 Å². The summed E-state index contributed by atoms with van der Waals surface area (Å²) in [5, 5.41) is 10.1. The number of nitrogens with one attached hydrogen (secondary N) is 2. The second kappa shape index (κ2) is 7.68. The lowest BCUT2D eigenvalue weighted by molar-refractivity contribution is 0.0920. The van der Waals surface area contributed by atoms with Gasteiger partial charge >= 0.3 is 0 Å². The molecule has 1 aromatic heterocycles. The van der Waals surface area contributed by atoms with Gasteiger partial charge < -0.3 is 5.32 Å². The Morgan fingerprint density at radius 3 is 2.78 bits per heavy atom. The van der Waals surface area contributed by atoms with E-state index in [-0.39, 0.29) is 5.91 Å². The largest absolute Gasteiger partial charge is 0.349 e. The molecule has 2 N–H and O–H groups in total. The van der Waals surface area contributed by atoms with Crippen LogP contribution in [0.1, 0.15) is 48.7 Å². The molecule has 0 unspecified atom stereocenters. The first-order chi connectivity index (χ1) is 11.2. The van der Waals surface area contributed by atoms with E-state index in [1.54, 1.807) is 18.0 Å². The molecule has 0 spiro atoms. The summed E-state index contributed by atoms with van der Waals surface area (Å²) >= 11 is 1.66. The second-order valence-electron chi connectivity index (χ2n) is 6.30. The van der Waals surface area contributed by atoms with E-state index >= 15 is 0 Å². The van der Waals surface area contributed by atoms with Gasteiger partial charge in [-0.1, -0.05) is 19.1 Å². The van der Waals surface area contributed by atoms with Crippen molar-refractivity contribution in [3.05, 3.63) is 47.8 Å². The molecule has 1 saturated carbocycles. The molecule has 1 amide bonds. The van der Waals surface area contributed by atoms with Gasteiger partial charge in [0.2, 0.25) is 0 Å². The summed E-state index contributed by atoms with van der Waals surface area (Å²) in [4.78, 5) is 13.6. The standard InChI is InChI=1S/C18H23N3OS/c1-13-6-8-14(9-7-13)20-18(22)16-4-2-3-5-17(16)23-12-15-10-11-19-21-15/h2-5,10-11,13-14H,6-9,12H2,1H3,(H,19,21)(H,20,22). The van der Waals surface area contributed by atoms with Crippen LogP contribution >= 0.6 is 11.8 Å². The Labute approximate surface area is 141 Å². The van der Waals surface area contributed by atoms with Gasteiger partial charge in [-0.2, -0.15) is 5.10 Å². The number of hydrogen-bond acceptors (Lipinski definition) is 3. The minimum atomic E-state index is 0.0530. The van der Waals surface area contributed by atoms with Crippen LogP contribution in [0.4, 0.5) is 0 Å². The maximum atomic E-state index is 12.6. The first-order valence-corrected chi connectivity index (χ1v) is 9.22. The average Bonchev–Trinajstić information content (AvgIpc) is 3.09. The van der Waals surface area contributed by atoms with E-state index in [0.29, 0.717) is 6.04 Å². The van der Waals surface area contributed by atoms with Crippen LogP contribution in [0.25, 0.3) is 0 Å². The SMILES string of the molecule is CC1CCC(NC(=O)c2ccccc2SCc2ccn[nH]2)CC1. The minimum Gasteiger partial charge on any atom is -0.349 e. The van der Waals surface area contributed by atoms with Crippen molar-refractivity contribution in [2.24, 2.45) is 5.92 Å². The maximum absolute atomic E-state index is 12.6. The first-order valence-electron chi connectivity index (χ1n) is 8.23. The van der Waals surface area contributed by atoms with E-state index in [1.165, 1.54) is 12.8 Å². The number of benzene rings is 1. The highest BCUT2D eigenvalue weighted by Gasteiger charge is 2.21. The molecule has 0 saturated heterocycles. The summed E-state index contributed by atoms with van der Waals surface area (Å²) in [6.45, 7) is 2.29. The zero-order chi connectivity index (χ0) is 16.1. The molecule has 1 fully saturated rings. The normalized spacial score (nSPS) is 21.1. The predicted octanol–water partition coefficient (Wildman–Crippen LogP) is 4.01. The van der Waals surface area contributed by atoms with Crippen LogP contribution in [0.15, 0.2) is 41.4 Å². The number of aromatic amines is 1. The number of hydrogen-bond donors (Lipinski definition) is 2. The summed E-state index contributed by atoms with van der Waals surface area (Å²) in [7, 11) is 0. The van der Waals surface area contributed by atoms with Crippen LogP contribution < -0.4 is 5.32 Å². The van der Waals surface area contributed by atoms with Crippen LogP contribution in [0.3, 0.4) is 0 Å². The minimum absolute atomic E-state index is 0.0530. The van der Waals surface area contributed by atoms with Crippen LogP contribution in [-0.2, 0) is 5.75 Å². The molecule has 5 heteroatoms. The number of nitrogens with zero attached hydrogens (tertiary/aromatic N) is 1. The number of rotatable bonds is 5. The summed E-state index contributed by atoms with van der Waals surface area (Å²) in [5.74, 6) is 1.63. The summed E-state index contributed by atoms with van der Waals surface area (Å²) in [6, 6.07) is 10.1. The van der Waals surface area contributed by atoms with Crippen molar-refractivity contribution < 1.29 is 4.79 Å². The lowest BCUT2D eigenvalue weighted by Crippen LogP contribution is -2.37. The fourth-order valence-corrected chi connectivity index (χ4v) is 3.93. The van der Waals surface area contributed by atoms with Crippen molar-refractivity contribution in [2.45, 2.75) is 49.3 Å². The Balaban J connectivity index is 1.63. The van der Waals surface area contributed by atoms with Gasteiger partial charge in [0.1, 0.15) is 0 Å². The monoisotopic (exact) mass is 329 g/mol. The Kier molecular flexibility index (Phi) is 5.39. The van der Waals surface area contributed by atoms with E-state index in [1.807, 2.05) is 30.3 Å². The zero-order valence-electron chi connectivity index (χ0n) is 13.4. The van der Waals surface area contributed by atoms with Crippen molar-refractivity contribution in [2.75, 3.05) is 0 Å². The van der Waals surface area contributed by atoms with Crippen LogP contribution in [-0.4, -0.2) is 22.1 Å². The summed E-state index contributed by atoms with van der Waals surface area (Å²) in [5.41, 5.74) is 1.84. The number of amides is 1. The molecule has 0 bridgehead atoms. The van der Waals surface area contributed by atoms with Crippen molar-refractivity contribution in [3.63, 3.8) is 0 Å². The molecule has 1 aliphatic rings. The van der Waals surface area contributed by atoms with Gasteiger partial charge in [0.05, 0.1) is 5.56 Å². The molecule has 0 aliphatic heterocycles. The van der Waals surface area contributed by atoms with E-state index < -0.39 is 0 Å². The summed E-state index contributed by atoms with van der Waals surface area (Å²) < 4.78 is 0.